The molecule has 0 saturated heterocycles. The average Bonchev–Trinajstić information content (AvgIpc) is 3.03. The minimum atomic E-state index is -0.0358. The van der Waals surface area contributed by atoms with Crippen molar-refractivity contribution in [2.45, 2.75) is 226 Å². The zero-order valence-corrected chi connectivity index (χ0v) is 30.3. The minimum absolute atomic E-state index is 0.0358. The summed E-state index contributed by atoms with van der Waals surface area (Å²) in [6.45, 7) is 4.56. The van der Waals surface area contributed by atoms with Crippen LogP contribution in [0.3, 0.4) is 0 Å². The maximum absolute atomic E-state index is 12.9. The second-order valence-electron chi connectivity index (χ2n) is 14.2. The van der Waals surface area contributed by atoms with Crippen LogP contribution in [0.4, 0.5) is 0 Å². The van der Waals surface area contributed by atoms with Crippen LogP contribution in [0.15, 0.2) is 12.1 Å². The van der Waals surface area contributed by atoms with Crippen molar-refractivity contribution in [3.8, 4) is 11.5 Å². The van der Waals surface area contributed by atoms with Gasteiger partial charge in [-0.1, -0.05) is 200 Å². The highest BCUT2D eigenvalue weighted by Crippen LogP contribution is 2.31. The van der Waals surface area contributed by atoms with Crippen LogP contribution in [-0.2, 0) is 6.42 Å². The molecule has 0 saturated carbocycles. The summed E-state index contributed by atoms with van der Waals surface area (Å²) < 4.78 is 0. The molecule has 0 aromatic heterocycles. The fraction of sp³-hybridized carbons (Fsp3) is 0.833. The number of unbranched alkanes of at least 4 members (excludes halogenated alkanes) is 29. The van der Waals surface area contributed by atoms with Crippen molar-refractivity contribution in [3.05, 3.63) is 23.3 Å². The van der Waals surface area contributed by atoms with E-state index in [1.54, 1.807) is 6.07 Å². The summed E-state index contributed by atoms with van der Waals surface area (Å²) >= 11 is 0. The lowest BCUT2D eigenvalue weighted by atomic mass is 9.97. The number of aryl methyl sites for hydroxylation is 1. The first-order valence-corrected chi connectivity index (χ1v) is 20.2. The molecule has 0 aliphatic heterocycles. The van der Waals surface area contributed by atoms with Crippen molar-refractivity contribution in [1.29, 1.82) is 0 Å². The summed E-state index contributed by atoms with van der Waals surface area (Å²) in [6.07, 6.45) is 42.1. The summed E-state index contributed by atoms with van der Waals surface area (Å²) in [6, 6.07) is 3.10. The number of ketones is 1. The fourth-order valence-corrected chi connectivity index (χ4v) is 6.74. The zero-order chi connectivity index (χ0) is 32.6. The number of hydrogen-bond donors (Lipinski definition) is 2. The van der Waals surface area contributed by atoms with Crippen LogP contribution in [0.5, 0.6) is 11.5 Å². The third-order valence-electron chi connectivity index (χ3n) is 9.78. The van der Waals surface area contributed by atoms with Gasteiger partial charge in [0.1, 0.15) is 11.5 Å². The molecule has 2 N–H and O–H groups in total. The highest BCUT2D eigenvalue weighted by Gasteiger charge is 2.16. The molecule has 0 aliphatic rings. The summed E-state index contributed by atoms with van der Waals surface area (Å²) in [7, 11) is 0. The quantitative estimate of drug-likeness (QED) is 0.0453. The van der Waals surface area contributed by atoms with Crippen molar-refractivity contribution in [2.75, 3.05) is 0 Å². The van der Waals surface area contributed by atoms with Gasteiger partial charge in [-0.25, -0.2) is 0 Å². The molecule has 1 rings (SSSR count). The van der Waals surface area contributed by atoms with Crippen LogP contribution in [0.2, 0.25) is 0 Å². The number of carbonyl (C=O) groups is 1. The topological polar surface area (TPSA) is 57.5 Å². The second-order valence-corrected chi connectivity index (χ2v) is 14.2. The Morgan fingerprint density at radius 2 is 0.756 bits per heavy atom. The first-order valence-electron chi connectivity index (χ1n) is 20.2. The average molecular weight is 629 g/mol. The number of Topliss-reactive ketones (excluding diaryl/α,β-unsaturated/α-hetero) is 1. The Kier molecular flexibility index (Phi) is 28.7. The van der Waals surface area contributed by atoms with Crippen molar-refractivity contribution < 1.29 is 15.0 Å². The van der Waals surface area contributed by atoms with Crippen molar-refractivity contribution in [3.63, 3.8) is 0 Å². The Morgan fingerprint density at radius 3 is 1.11 bits per heavy atom. The first kappa shape index (κ1) is 41.5. The summed E-state index contributed by atoms with van der Waals surface area (Å²) in [5.74, 6) is 0.158. The molecular formula is C42H76O3. The van der Waals surface area contributed by atoms with E-state index in [-0.39, 0.29) is 17.3 Å². The molecule has 0 spiro atoms. The molecule has 45 heavy (non-hydrogen) atoms. The summed E-state index contributed by atoms with van der Waals surface area (Å²) in [5, 5.41) is 21.0. The number of hydrogen-bond acceptors (Lipinski definition) is 3. The summed E-state index contributed by atoms with van der Waals surface area (Å²) in [5.41, 5.74) is 1.03. The Balaban J connectivity index is 2.05. The van der Waals surface area contributed by atoms with Gasteiger partial charge in [0.05, 0.1) is 5.56 Å². The van der Waals surface area contributed by atoms with Gasteiger partial charge in [0.2, 0.25) is 0 Å². The molecular weight excluding hydrogens is 552 g/mol. The highest BCUT2D eigenvalue weighted by molar-refractivity contribution is 5.99. The van der Waals surface area contributed by atoms with E-state index < -0.39 is 0 Å². The molecule has 3 nitrogen and oxygen atoms in total. The van der Waals surface area contributed by atoms with Crippen LogP contribution in [0.1, 0.15) is 235 Å². The van der Waals surface area contributed by atoms with E-state index in [2.05, 4.69) is 13.8 Å². The number of rotatable bonds is 34. The lowest BCUT2D eigenvalue weighted by Crippen LogP contribution is -2.02. The van der Waals surface area contributed by atoms with Gasteiger partial charge in [-0.2, -0.15) is 0 Å². The molecule has 1 aromatic rings. The maximum atomic E-state index is 12.9. The number of benzene rings is 1. The smallest absolute Gasteiger partial charge is 0.166 e. The van der Waals surface area contributed by atoms with Gasteiger partial charge >= 0.3 is 0 Å². The number of phenols is 2. The molecule has 3 heteroatoms. The molecule has 0 radical (unpaired) electrons. The zero-order valence-electron chi connectivity index (χ0n) is 30.3. The van der Waals surface area contributed by atoms with Gasteiger partial charge in [0.15, 0.2) is 5.78 Å². The Bertz CT molecular complexity index is 801. The largest absolute Gasteiger partial charge is 0.508 e. The van der Waals surface area contributed by atoms with E-state index in [1.165, 1.54) is 179 Å². The Hall–Kier alpha value is -1.51. The minimum Gasteiger partial charge on any atom is -0.508 e. The predicted octanol–water partition coefficient (Wildman–Crippen LogP) is 14.3. The molecule has 0 unspecified atom stereocenters. The molecule has 0 amide bonds. The van der Waals surface area contributed by atoms with E-state index in [1.807, 2.05) is 0 Å². The lowest BCUT2D eigenvalue weighted by molar-refractivity contribution is 0.0976. The number of aromatic hydroxyl groups is 2. The first-order chi connectivity index (χ1) is 22.1. The van der Waals surface area contributed by atoms with Crippen LogP contribution in [0, 0.1) is 0 Å². The molecule has 0 fully saturated rings. The van der Waals surface area contributed by atoms with Crippen molar-refractivity contribution in [2.24, 2.45) is 0 Å². The number of carbonyl (C=O) groups excluding carboxylic acids is 1. The molecule has 0 atom stereocenters. The van der Waals surface area contributed by atoms with E-state index >= 15 is 0 Å². The van der Waals surface area contributed by atoms with E-state index in [0.29, 0.717) is 12.0 Å². The molecule has 1 aromatic carbocycles. The third kappa shape index (κ3) is 24.3. The summed E-state index contributed by atoms with van der Waals surface area (Å²) in [4.78, 5) is 12.9. The molecule has 0 aliphatic carbocycles. The van der Waals surface area contributed by atoms with Crippen LogP contribution in [-0.4, -0.2) is 16.0 Å². The SMILES string of the molecule is CCCCCCCCCCCCCCCCCCc1cc(O)cc(C(=O)CCCCCCCCCCCCCCCCC)c1O. The van der Waals surface area contributed by atoms with Crippen molar-refractivity contribution in [1.82, 2.24) is 0 Å². The van der Waals surface area contributed by atoms with Gasteiger partial charge in [0.25, 0.3) is 0 Å². The van der Waals surface area contributed by atoms with Crippen LogP contribution < -0.4 is 0 Å². The van der Waals surface area contributed by atoms with E-state index in [9.17, 15) is 15.0 Å². The lowest BCUT2D eigenvalue weighted by Gasteiger charge is -2.11. The number of phenolic OH excluding ortho intramolecular Hbond substituents is 2. The third-order valence-corrected chi connectivity index (χ3v) is 9.78. The monoisotopic (exact) mass is 629 g/mol. The normalized spacial score (nSPS) is 11.4. The van der Waals surface area contributed by atoms with Crippen LogP contribution in [0.25, 0.3) is 0 Å². The molecule has 0 bridgehead atoms. The predicted molar refractivity (Wildman–Crippen MR) is 197 cm³/mol. The Morgan fingerprint density at radius 1 is 0.444 bits per heavy atom. The van der Waals surface area contributed by atoms with Crippen molar-refractivity contribution >= 4 is 5.78 Å². The van der Waals surface area contributed by atoms with Gasteiger partial charge in [0, 0.05) is 6.42 Å². The highest BCUT2D eigenvalue weighted by atomic mass is 16.3. The maximum Gasteiger partial charge on any atom is 0.166 e. The second kappa shape index (κ2) is 31.1. The van der Waals surface area contributed by atoms with Gasteiger partial charge in [-0.05, 0) is 37.0 Å². The van der Waals surface area contributed by atoms with Gasteiger partial charge in [-0.3, -0.25) is 4.79 Å². The fourth-order valence-electron chi connectivity index (χ4n) is 6.74. The molecule has 262 valence electrons. The van der Waals surface area contributed by atoms with Gasteiger partial charge in [-0.15, -0.1) is 0 Å². The standard InChI is InChI=1S/C42H76O3/c1-3-5-7-9-11-13-15-17-19-21-22-24-26-28-30-32-34-38-36-39(43)37-40(42(38)45)41(44)35-33-31-29-27-25-23-20-18-16-14-12-10-8-6-4-2/h36-37,43,45H,3-35H2,1-2H3. The van der Waals surface area contributed by atoms with E-state index in [4.69, 9.17) is 0 Å². The van der Waals surface area contributed by atoms with Crippen LogP contribution >= 0.6 is 0 Å². The van der Waals surface area contributed by atoms with E-state index in [0.717, 1.165) is 37.7 Å². The van der Waals surface area contributed by atoms with Gasteiger partial charge < -0.3 is 10.2 Å². The Labute approximate surface area is 280 Å². The molecule has 0 heterocycles.